The molecule has 7 heteroatoms. The molecule has 3 aromatic heterocycles. The normalized spacial score (nSPS) is 17.0. The molecule has 4 aromatic rings. The van der Waals surface area contributed by atoms with Crippen molar-refractivity contribution in [1.82, 2.24) is 30.2 Å². The Morgan fingerprint density at radius 2 is 2.00 bits per heavy atom. The third kappa shape index (κ3) is 3.04. The maximum absolute atomic E-state index is 4.48. The van der Waals surface area contributed by atoms with Gasteiger partial charge in [-0.25, -0.2) is 15.0 Å². The molecule has 138 valence electrons. The molecule has 27 heavy (non-hydrogen) atoms. The Bertz CT molecular complexity index is 1060. The lowest BCUT2D eigenvalue weighted by molar-refractivity contribution is 0.380. The number of fused-ring (bicyclic) bond motifs is 2. The van der Waals surface area contributed by atoms with E-state index in [9.17, 15) is 0 Å². The molecule has 5 rings (SSSR count). The first kappa shape index (κ1) is 16.3. The molecule has 0 bridgehead atoms. The fraction of sp³-hybridized carbons (Fsp3) is 0.350. The van der Waals surface area contributed by atoms with Crippen molar-refractivity contribution in [2.24, 2.45) is 0 Å². The molecular weight excluding hydrogens is 338 g/mol. The first-order valence-electron chi connectivity index (χ1n) is 9.50. The van der Waals surface area contributed by atoms with E-state index in [1.54, 1.807) is 12.7 Å². The van der Waals surface area contributed by atoms with Gasteiger partial charge in [0.15, 0.2) is 11.5 Å². The number of nitrogens with zero attached hydrogens (tertiary/aromatic N) is 4. The van der Waals surface area contributed by atoms with E-state index in [1.165, 1.54) is 16.5 Å². The van der Waals surface area contributed by atoms with Crippen LogP contribution < -0.4 is 10.2 Å². The molecule has 4 heterocycles. The van der Waals surface area contributed by atoms with Crippen LogP contribution in [-0.4, -0.2) is 44.1 Å². The SMILES string of the molecule is C[C@@H](NC1CCN(c2ncnc3nc[nH]c23)CC1)c1ccc2[nH]ccc2c1. The van der Waals surface area contributed by atoms with Gasteiger partial charge >= 0.3 is 0 Å². The smallest absolute Gasteiger partial charge is 0.182 e. The Kier molecular flexibility index (Phi) is 4.01. The highest BCUT2D eigenvalue weighted by atomic mass is 15.2. The topological polar surface area (TPSA) is 85.5 Å². The van der Waals surface area contributed by atoms with Crippen molar-refractivity contribution in [2.45, 2.75) is 31.8 Å². The van der Waals surface area contributed by atoms with Crippen LogP contribution >= 0.6 is 0 Å². The predicted octanol–water partition coefficient (Wildman–Crippen LogP) is 3.15. The maximum Gasteiger partial charge on any atom is 0.182 e. The van der Waals surface area contributed by atoms with Crippen molar-refractivity contribution in [3.8, 4) is 0 Å². The third-order valence-corrected chi connectivity index (χ3v) is 5.56. The van der Waals surface area contributed by atoms with E-state index in [1.807, 2.05) is 6.20 Å². The molecule has 0 saturated carbocycles. The molecule has 0 spiro atoms. The van der Waals surface area contributed by atoms with Crippen molar-refractivity contribution in [3.63, 3.8) is 0 Å². The monoisotopic (exact) mass is 361 g/mol. The van der Waals surface area contributed by atoms with Gasteiger partial charge in [-0.3, -0.25) is 0 Å². The number of imidazole rings is 1. The number of hydrogen-bond donors (Lipinski definition) is 3. The summed E-state index contributed by atoms with van der Waals surface area (Å²) in [5, 5.41) is 5.07. The highest BCUT2D eigenvalue weighted by Gasteiger charge is 2.23. The summed E-state index contributed by atoms with van der Waals surface area (Å²) < 4.78 is 0. The molecule has 0 amide bonds. The minimum atomic E-state index is 0.333. The van der Waals surface area contributed by atoms with Gasteiger partial charge in [0.05, 0.1) is 6.33 Å². The molecule has 0 unspecified atom stereocenters. The molecule has 0 aliphatic carbocycles. The van der Waals surface area contributed by atoms with E-state index in [2.05, 4.69) is 66.3 Å². The zero-order chi connectivity index (χ0) is 18.2. The van der Waals surface area contributed by atoms with Gasteiger partial charge in [-0.2, -0.15) is 0 Å². The van der Waals surface area contributed by atoms with Gasteiger partial charge < -0.3 is 20.2 Å². The Morgan fingerprint density at radius 1 is 1.11 bits per heavy atom. The summed E-state index contributed by atoms with van der Waals surface area (Å²) in [6.45, 7) is 4.21. The number of aromatic nitrogens is 5. The molecule has 1 saturated heterocycles. The van der Waals surface area contributed by atoms with Crippen LogP contribution in [0, 0.1) is 0 Å². The van der Waals surface area contributed by atoms with Crippen molar-refractivity contribution < 1.29 is 0 Å². The Hall–Kier alpha value is -2.93. The predicted molar refractivity (Wildman–Crippen MR) is 107 cm³/mol. The van der Waals surface area contributed by atoms with Gasteiger partial charge in [-0.1, -0.05) is 6.07 Å². The minimum Gasteiger partial charge on any atom is -0.361 e. The Morgan fingerprint density at radius 3 is 2.89 bits per heavy atom. The van der Waals surface area contributed by atoms with Crippen LogP contribution in [0.2, 0.25) is 0 Å². The lowest BCUT2D eigenvalue weighted by Gasteiger charge is -2.34. The van der Waals surface area contributed by atoms with E-state index in [0.29, 0.717) is 12.1 Å². The minimum absolute atomic E-state index is 0.333. The first-order valence-corrected chi connectivity index (χ1v) is 9.50. The van der Waals surface area contributed by atoms with Crippen LogP contribution in [0.15, 0.2) is 43.1 Å². The highest BCUT2D eigenvalue weighted by molar-refractivity contribution is 5.82. The van der Waals surface area contributed by atoms with Crippen LogP contribution in [0.3, 0.4) is 0 Å². The summed E-state index contributed by atoms with van der Waals surface area (Å²) in [6, 6.07) is 9.62. The quantitative estimate of drug-likeness (QED) is 0.520. The molecule has 1 aromatic carbocycles. The molecular formula is C20H23N7. The van der Waals surface area contributed by atoms with Crippen molar-refractivity contribution >= 4 is 27.9 Å². The third-order valence-electron chi connectivity index (χ3n) is 5.56. The van der Waals surface area contributed by atoms with Crippen molar-refractivity contribution in [1.29, 1.82) is 0 Å². The first-order chi connectivity index (χ1) is 13.3. The maximum atomic E-state index is 4.48. The number of aromatic amines is 2. The lowest BCUT2D eigenvalue weighted by atomic mass is 10.0. The molecule has 0 radical (unpaired) electrons. The van der Waals surface area contributed by atoms with Crippen LogP contribution in [0.1, 0.15) is 31.4 Å². The Balaban J connectivity index is 1.24. The number of rotatable bonds is 4. The number of benzene rings is 1. The zero-order valence-corrected chi connectivity index (χ0v) is 15.3. The van der Waals surface area contributed by atoms with Gasteiger partial charge in [0, 0.05) is 36.9 Å². The van der Waals surface area contributed by atoms with Gasteiger partial charge in [-0.15, -0.1) is 0 Å². The summed E-state index contributed by atoms with van der Waals surface area (Å²) >= 11 is 0. The van der Waals surface area contributed by atoms with Gasteiger partial charge in [0.1, 0.15) is 11.8 Å². The van der Waals surface area contributed by atoms with E-state index in [4.69, 9.17) is 0 Å². The van der Waals surface area contributed by atoms with Crippen LogP contribution in [0.4, 0.5) is 5.82 Å². The summed E-state index contributed by atoms with van der Waals surface area (Å²) in [7, 11) is 0. The fourth-order valence-electron chi connectivity index (χ4n) is 4.04. The zero-order valence-electron chi connectivity index (χ0n) is 15.3. The molecule has 3 N–H and O–H groups in total. The highest BCUT2D eigenvalue weighted by Crippen LogP contribution is 2.25. The number of anilines is 1. The number of hydrogen-bond acceptors (Lipinski definition) is 5. The van der Waals surface area contributed by atoms with E-state index >= 15 is 0 Å². The van der Waals surface area contributed by atoms with Crippen LogP contribution in [-0.2, 0) is 0 Å². The number of nitrogens with one attached hydrogen (secondary N) is 3. The summed E-state index contributed by atoms with van der Waals surface area (Å²) in [5.74, 6) is 0.960. The van der Waals surface area contributed by atoms with Gasteiger partial charge in [0.25, 0.3) is 0 Å². The largest absolute Gasteiger partial charge is 0.361 e. The standard InChI is InChI=1S/C20H23N7/c1-13(14-2-3-17-15(10-14)4-7-21-17)26-16-5-8-27(9-6-16)20-18-19(23-11-22-18)24-12-25-20/h2-4,7,10-13,16,21,26H,5-6,8-9H2,1H3,(H,22,23,24,25)/t13-/m1/s1. The van der Waals surface area contributed by atoms with Crippen LogP contribution in [0.5, 0.6) is 0 Å². The molecule has 7 nitrogen and oxygen atoms in total. The second-order valence-corrected chi connectivity index (χ2v) is 7.27. The summed E-state index contributed by atoms with van der Waals surface area (Å²) in [6.07, 6.45) is 7.46. The van der Waals surface area contributed by atoms with Crippen molar-refractivity contribution in [3.05, 3.63) is 48.7 Å². The Labute approximate surface area is 157 Å². The van der Waals surface area contributed by atoms with Crippen molar-refractivity contribution in [2.75, 3.05) is 18.0 Å². The molecule has 1 atom stereocenters. The van der Waals surface area contributed by atoms with E-state index < -0.39 is 0 Å². The average Bonchev–Trinajstić information content (AvgIpc) is 3.37. The van der Waals surface area contributed by atoms with Gasteiger partial charge in [0.2, 0.25) is 0 Å². The second-order valence-electron chi connectivity index (χ2n) is 7.27. The summed E-state index contributed by atoms with van der Waals surface area (Å²) in [5.41, 5.74) is 4.18. The fourth-order valence-corrected chi connectivity index (χ4v) is 4.04. The number of piperidine rings is 1. The second kappa shape index (κ2) is 6.66. The van der Waals surface area contributed by atoms with Gasteiger partial charge in [-0.05, 0) is 48.9 Å². The number of H-pyrrole nitrogens is 2. The summed E-state index contributed by atoms with van der Waals surface area (Å²) in [4.78, 5) is 21.7. The average molecular weight is 361 g/mol. The van der Waals surface area contributed by atoms with E-state index in [-0.39, 0.29) is 0 Å². The van der Waals surface area contributed by atoms with E-state index in [0.717, 1.165) is 42.9 Å². The molecule has 1 aliphatic rings. The molecule has 1 fully saturated rings. The lowest BCUT2D eigenvalue weighted by Crippen LogP contribution is -2.43. The van der Waals surface area contributed by atoms with Crippen LogP contribution in [0.25, 0.3) is 22.1 Å². The molecule has 1 aliphatic heterocycles.